The molecule has 9 heteroatoms. The first kappa shape index (κ1) is 25.6. The van der Waals surface area contributed by atoms with Crippen LogP contribution in [-0.4, -0.2) is 33.8 Å². The van der Waals surface area contributed by atoms with Crippen LogP contribution >= 0.6 is 11.6 Å². The summed E-state index contributed by atoms with van der Waals surface area (Å²) in [6, 6.07) is 12.3. The molecule has 2 aliphatic heterocycles. The molecule has 4 aromatic rings. The molecule has 0 bridgehead atoms. The van der Waals surface area contributed by atoms with Gasteiger partial charge in [0.2, 0.25) is 0 Å². The zero-order valence-electron chi connectivity index (χ0n) is 21.8. The third kappa shape index (κ3) is 4.83. The SMILES string of the molecule is Cc1ccoc1Cn1c(C=O)cnc1CN1CCC(c2cccc3c2OC(C)(c2ccc(Cl)cc2F)O3)CC1. The van der Waals surface area contributed by atoms with Crippen molar-refractivity contribution in [1.29, 1.82) is 0 Å². The third-order valence-electron chi connectivity index (χ3n) is 7.78. The first-order chi connectivity index (χ1) is 18.8. The zero-order valence-corrected chi connectivity index (χ0v) is 22.6. The number of hydrogen-bond acceptors (Lipinski definition) is 6. The van der Waals surface area contributed by atoms with Crippen LogP contribution in [0.5, 0.6) is 11.5 Å². The van der Waals surface area contributed by atoms with Gasteiger partial charge < -0.3 is 18.5 Å². The van der Waals surface area contributed by atoms with Gasteiger partial charge in [0.15, 0.2) is 17.8 Å². The number of imidazole rings is 1. The van der Waals surface area contributed by atoms with Gasteiger partial charge in [-0.05, 0) is 74.7 Å². The van der Waals surface area contributed by atoms with E-state index in [2.05, 4.69) is 16.0 Å². The van der Waals surface area contributed by atoms with E-state index in [1.807, 2.05) is 29.7 Å². The van der Waals surface area contributed by atoms with Crippen molar-refractivity contribution in [2.45, 2.75) is 51.5 Å². The van der Waals surface area contributed by atoms with E-state index in [9.17, 15) is 9.18 Å². The fourth-order valence-corrected chi connectivity index (χ4v) is 5.74. The zero-order chi connectivity index (χ0) is 27.1. The number of likely N-dealkylation sites (tertiary alicyclic amines) is 1. The molecule has 0 aliphatic carbocycles. The number of nitrogens with zero attached hydrogens (tertiary/aromatic N) is 3. The average Bonchev–Trinajstić information content (AvgIpc) is 3.61. The van der Waals surface area contributed by atoms with Crippen LogP contribution < -0.4 is 9.47 Å². The fourth-order valence-electron chi connectivity index (χ4n) is 5.58. The van der Waals surface area contributed by atoms with E-state index in [0.717, 1.165) is 54.9 Å². The number of carbonyl (C=O) groups is 1. The van der Waals surface area contributed by atoms with Gasteiger partial charge in [-0.1, -0.05) is 23.7 Å². The Balaban J connectivity index is 1.15. The summed E-state index contributed by atoms with van der Waals surface area (Å²) in [4.78, 5) is 18.6. The van der Waals surface area contributed by atoms with Gasteiger partial charge in [-0.25, -0.2) is 9.37 Å². The number of hydrogen-bond donors (Lipinski definition) is 0. The highest BCUT2D eigenvalue weighted by atomic mass is 35.5. The summed E-state index contributed by atoms with van der Waals surface area (Å²) in [5.74, 6) is 1.48. The van der Waals surface area contributed by atoms with Gasteiger partial charge >= 0.3 is 0 Å². The Kier molecular flexibility index (Phi) is 6.69. The summed E-state index contributed by atoms with van der Waals surface area (Å²) < 4.78 is 34.8. The van der Waals surface area contributed by atoms with Crippen molar-refractivity contribution in [2.24, 2.45) is 0 Å². The molecule has 1 atom stereocenters. The van der Waals surface area contributed by atoms with Crippen molar-refractivity contribution in [3.8, 4) is 11.5 Å². The number of aromatic nitrogens is 2. The molecule has 0 N–H and O–H groups in total. The first-order valence-corrected chi connectivity index (χ1v) is 13.4. The lowest BCUT2D eigenvalue weighted by molar-refractivity contribution is -0.0712. The van der Waals surface area contributed by atoms with Crippen LogP contribution in [-0.2, 0) is 18.9 Å². The Labute approximate surface area is 231 Å². The van der Waals surface area contributed by atoms with Crippen molar-refractivity contribution in [3.63, 3.8) is 0 Å². The number of rotatable bonds is 7. The molecule has 202 valence electrons. The predicted octanol–water partition coefficient (Wildman–Crippen LogP) is 6.46. The van der Waals surface area contributed by atoms with Gasteiger partial charge in [0.25, 0.3) is 5.79 Å². The minimum absolute atomic E-state index is 0.272. The second-order valence-corrected chi connectivity index (χ2v) is 10.8. The number of ether oxygens (including phenoxy) is 2. The van der Waals surface area contributed by atoms with E-state index in [1.54, 1.807) is 31.5 Å². The highest BCUT2D eigenvalue weighted by Crippen LogP contribution is 2.49. The second-order valence-electron chi connectivity index (χ2n) is 10.3. The van der Waals surface area contributed by atoms with E-state index in [0.29, 0.717) is 40.9 Å². The van der Waals surface area contributed by atoms with Crippen LogP contribution in [0.1, 0.15) is 64.4 Å². The molecule has 0 saturated carbocycles. The largest absolute Gasteiger partial charge is 0.467 e. The molecule has 0 radical (unpaired) electrons. The van der Waals surface area contributed by atoms with Gasteiger partial charge in [-0.2, -0.15) is 0 Å². The Morgan fingerprint density at radius 3 is 2.69 bits per heavy atom. The van der Waals surface area contributed by atoms with E-state index < -0.39 is 11.6 Å². The molecule has 39 heavy (non-hydrogen) atoms. The first-order valence-electron chi connectivity index (χ1n) is 13.1. The van der Waals surface area contributed by atoms with Gasteiger partial charge in [-0.15, -0.1) is 0 Å². The predicted molar refractivity (Wildman–Crippen MR) is 144 cm³/mol. The van der Waals surface area contributed by atoms with Crippen molar-refractivity contribution in [3.05, 3.63) is 99.7 Å². The lowest BCUT2D eigenvalue weighted by atomic mass is 9.88. The highest BCUT2D eigenvalue weighted by molar-refractivity contribution is 6.30. The molecule has 1 saturated heterocycles. The van der Waals surface area contributed by atoms with Gasteiger partial charge in [0.05, 0.1) is 31.1 Å². The second kappa shape index (κ2) is 10.2. The summed E-state index contributed by atoms with van der Waals surface area (Å²) >= 11 is 5.95. The van der Waals surface area contributed by atoms with Crippen molar-refractivity contribution in [1.82, 2.24) is 14.5 Å². The fraction of sp³-hybridized carbons (Fsp3) is 0.333. The van der Waals surface area contributed by atoms with Crippen molar-refractivity contribution < 1.29 is 23.1 Å². The molecule has 1 unspecified atom stereocenters. The lowest BCUT2D eigenvalue weighted by Crippen LogP contribution is -2.34. The molecule has 4 heterocycles. The molecular formula is C30H29ClFN3O4. The number of fused-ring (bicyclic) bond motifs is 1. The van der Waals surface area contributed by atoms with Gasteiger partial charge in [0, 0.05) is 17.5 Å². The molecule has 2 aromatic carbocycles. The third-order valence-corrected chi connectivity index (χ3v) is 8.02. The van der Waals surface area contributed by atoms with Crippen molar-refractivity contribution >= 4 is 17.9 Å². The van der Waals surface area contributed by atoms with Gasteiger partial charge in [0.1, 0.15) is 23.1 Å². The number of benzene rings is 2. The Bertz CT molecular complexity index is 1520. The quantitative estimate of drug-likeness (QED) is 0.246. The number of aldehydes is 1. The molecular weight excluding hydrogens is 521 g/mol. The maximum Gasteiger partial charge on any atom is 0.278 e. The van der Waals surface area contributed by atoms with Crippen LogP contribution in [0.15, 0.2) is 59.3 Å². The van der Waals surface area contributed by atoms with E-state index in [4.69, 9.17) is 25.5 Å². The molecule has 0 amide bonds. The van der Waals surface area contributed by atoms with Gasteiger partial charge in [-0.3, -0.25) is 9.69 Å². The van der Waals surface area contributed by atoms with Crippen LogP contribution in [0.2, 0.25) is 5.02 Å². The molecule has 2 aliphatic rings. The summed E-state index contributed by atoms with van der Waals surface area (Å²) in [6.07, 6.45) is 5.96. The Morgan fingerprint density at radius 2 is 1.97 bits per heavy atom. The Hall–Kier alpha value is -3.62. The number of aryl methyl sites for hydroxylation is 1. The molecule has 1 fully saturated rings. The molecule has 7 nitrogen and oxygen atoms in total. The standard InChI is InChI=1S/C30H29ClFN3O4/c1-19-10-13-37-27(19)16-35-22(18-36)15-33-28(35)17-34-11-8-20(9-12-34)23-4-3-5-26-29(23)39-30(2,38-26)24-7-6-21(31)14-25(24)32/h3-7,10,13-15,18,20H,8-9,11-12,16-17H2,1-2H3. The Morgan fingerprint density at radius 1 is 1.15 bits per heavy atom. The van der Waals surface area contributed by atoms with Crippen LogP contribution in [0.3, 0.4) is 0 Å². The topological polar surface area (TPSA) is 69.7 Å². The van der Waals surface area contributed by atoms with E-state index >= 15 is 0 Å². The summed E-state index contributed by atoms with van der Waals surface area (Å²) in [6.45, 7) is 6.55. The number of carbonyl (C=O) groups excluding carboxylic acids is 1. The smallest absolute Gasteiger partial charge is 0.278 e. The van der Waals surface area contributed by atoms with E-state index in [1.165, 1.54) is 6.07 Å². The summed E-state index contributed by atoms with van der Waals surface area (Å²) in [7, 11) is 0. The molecule has 0 spiro atoms. The number of halogens is 2. The molecule has 6 rings (SSSR count). The highest BCUT2D eigenvalue weighted by Gasteiger charge is 2.43. The average molecular weight is 550 g/mol. The number of para-hydroxylation sites is 1. The number of furan rings is 1. The number of piperidine rings is 1. The van der Waals surface area contributed by atoms with Crippen LogP contribution in [0.4, 0.5) is 4.39 Å². The normalized spacial score (nSPS) is 19.5. The monoisotopic (exact) mass is 549 g/mol. The van der Waals surface area contributed by atoms with Crippen molar-refractivity contribution in [2.75, 3.05) is 13.1 Å². The van der Waals surface area contributed by atoms with Crippen LogP contribution in [0.25, 0.3) is 0 Å². The summed E-state index contributed by atoms with van der Waals surface area (Å²) in [5, 5.41) is 0.323. The van der Waals surface area contributed by atoms with Crippen LogP contribution in [0, 0.1) is 12.7 Å². The minimum atomic E-state index is -1.27. The van der Waals surface area contributed by atoms with E-state index in [-0.39, 0.29) is 5.92 Å². The molecule has 2 aromatic heterocycles. The summed E-state index contributed by atoms with van der Waals surface area (Å²) in [5.41, 5.74) is 2.96. The maximum absolute atomic E-state index is 14.7. The lowest BCUT2D eigenvalue weighted by Gasteiger charge is -2.32. The maximum atomic E-state index is 14.7. The minimum Gasteiger partial charge on any atom is -0.467 e.